The van der Waals surface area contributed by atoms with Crippen molar-refractivity contribution >= 4 is 5.91 Å². The normalized spacial score (nSPS) is 40.1. The van der Waals surface area contributed by atoms with E-state index in [1.54, 1.807) is 0 Å². The fraction of sp³-hybridized carbons (Fsp3) is 0.750. The molecule has 0 radical (unpaired) electrons. The van der Waals surface area contributed by atoms with Crippen molar-refractivity contribution in [2.45, 2.75) is 77.9 Å². The molecule has 4 heteroatoms. The van der Waals surface area contributed by atoms with Crippen LogP contribution in [-0.4, -0.2) is 35.0 Å². The molecule has 5 aliphatic rings. The van der Waals surface area contributed by atoms with Gasteiger partial charge in [-0.3, -0.25) is 9.78 Å². The summed E-state index contributed by atoms with van der Waals surface area (Å²) in [4.78, 5) is 20.2. The van der Waals surface area contributed by atoms with E-state index >= 15 is 0 Å². The van der Waals surface area contributed by atoms with Crippen LogP contribution in [0.2, 0.25) is 0 Å². The van der Waals surface area contributed by atoms with Crippen LogP contribution in [0.3, 0.4) is 0 Å². The summed E-state index contributed by atoms with van der Waals surface area (Å²) < 4.78 is 6.08. The molecule has 5 fully saturated rings. The fourth-order valence-electron chi connectivity index (χ4n) is 7.93. The monoisotopic (exact) mass is 382 g/mol. The molecule has 4 nitrogen and oxygen atoms in total. The molecule has 0 spiro atoms. The van der Waals surface area contributed by atoms with Gasteiger partial charge < -0.3 is 9.64 Å². The molecule has 4 bridgehead atoms. The number of ether oxygens (including phenoxy) is 1. The SMILES string of the molecule is C[C@]12CC3CC(C(=O)N4CCC(OCc5ccccn5)CC4)(C1)C[C@@](C)(C3)C2. The molecular weight excluding hydrogens is 348 g/mol. The first-order valence-electron chi connectivity index (χ1n) is 11.2. The number of nitrogens with zero attached hydrogens (tertiary/aromatic N) is 2. The third kappa shape index (κ3) is 3.28. The number of hydrogen-bond donors (Lipinski definition) is 0. The van der Waals surface area contributed by atoms with Crippen molar-refractivity contribution in [3.63, 3.8) is 0 Å². The van der Waals surface area contributed by atoms with E-state index in [0.717, 1.165) is 56.8 Å². The summed E-state index contributed by atoms with van der Waals surface area (Å²) in [6.45, 7) is 7.18. The molecule has 0 N–H and O–H groups in total. The molecule has 4 saturated carbocycles. The molecule has 0 aromatic carbocycles. The van der Waals surface area contributed by atoms with Gasteiger partial charge in [0.15, 0.2) is 0 Å². The van der Waals surface area contributed by atoms with Crippen LogP contribution in [-0.2, 0) is 16.1 Å². The van der Waals surface area contributed by atoms with Gasteiger partial charge in [0.25, 0.3) is 0 Å². The van der Waals surface area contributed by atoms with Gasteiger partial charge in [0.1, 0.15) is 0 Å². The topological polar surface area (TPSA) is 42.4 Å². The summed E-state index contributed by atoms with van der Waals surface area (Å²) in [5.41, 5.74) is 1.71. The smallest absolute Gasteiger partial charge is 0.228 e. The largest absolute Gasteiger partial charge is 0.372 e. The molecular formula is C24H34N2O2. The third-order valence-electron chi connectivity index (χ3n) is 8.00. The molecule has 2 heterocycles. The zero-order chi connectivity index (χ0) is 19.4. The van der Waals surface area contributed by atoms with Crippen LogP contribution < -0.4 is 0 Å². The summed E-state index contributed by atoms with van der Waals surface area (Å²) in [6.07, 6.45) is 11.4. The van der Waals surface area contributed by atoms with E-state index in [-0.39, 0.29) is 11.5 Å². The predicted octanol–water partition coefficient (Wildman–Crippen LogP) is 4.59. The average molecular weight is 383 g/mol. The highest BCUT2D eigenvalue weighted by atomic mass is 16.5. The Labute approximate surface area is 169 Å². The van der Waals surface area contributed by atoms with Crippen LogP contribution in [0.15, 0.2) is 24.4 Å². The molecule has 1 aromatic heterocycles. The van der Waals surface area contributed by atoms with Gasteiger partial charge in [0.05, 0.1) is 23.8 Å². The standard InChI is InChI=1S/C24H34N2O2/c1-22-11-18-12-23(2,15-22)17-24(13-18,16-22)21(27)26-9-6-20(7-10-26)28-14-19-5-3-4-8-25-19/h3-5,8,18,20H,6-7,9-17H2,1-2H3/t18?,22-,23+,24?. The van der Waals surface area contributed by atoms with E-state index < -0.39 is 0 Å². The highest BCUT2D eigenvalue weighted by molar-refractivity contribution is 5.83. The molecule has 1 saturated heterocycles. The number of rotatable bonds is 4. The van der Waals surface area contributed by atoms with E-state index in [1.165, 1.54) is 19.3 Å². The fourth-order valence-corrected chi connectivity index (χ4v) is 7.93. The minimum atomic E-state index is -0.0649. The summed E-state index contributed by atoms with van der Waals surface area (Å²) in [6, 6.07) is 5.94. The Morgan fingerprint density at radius 2 is 1.82 bits per heavy atom. The van der Waals surface area contributed by atoms with E-state index in [2.05, 4.69) is 23.7 Å². The highest BCUT2D eigenvalue weighted by Crippen LogP contribution is 2.69. The molecule has 6 rings (SSSR count). The minimum Gasteiger partial charge on any atom is -0.372 e. The van der Waals surface area contributed by atoms with Gasteiger partial charge in [-0.05, 0) is 80.2 Å². The van der Waals surface area contributed by atoms with Crippen LogP contribution in [0.25, 0.3) is 0 Å². The lowest BCUT2D eigenvalue weighted by Crippen LogP contribution is -2.61. The Kier molecular flexibility index (Phi) is 4.35. The quantitative estimate of drug-likeness (QED) is 0.765. The maximum atomic E-state index is 13.7. The van der Waals surface area contributed by atoms with E-state index in [0.29, 0.717) is 23.3 Å². The lowest BCUT2D eigenvalue weighted by atomic mass is 9.40. The van der Waals surface area contributed by atoms with Crippen molar-refractivity contribution in [3.8, 4) is 0 Å². The van der Waals surface area contributed by atoms with Gasteiger partial charge in [-0.15, -0.1) is 0 Å². The molecule has 4 aliphatic carbocycles. The van der Waals surface area contributed by atoms with E-state index in [9.17, 15) is 4.79 Å². The van der Waals surface area contributed by atoms with Gasteiger partial charge in [0, 0.05) is 19.3 Å². The summed E-state index contributed by atoms with van der Waals surface area (Å²) in [5, 5.41) is 0. The molecule has 1 aliphatic heterocycles. The van der Waals surface area contributed by atoms with Crippen LogP contribution in [0.5, 0.6) is 0 Å². The zero-order valence-electron chi connectivity index (χ0n) is 17.5. The molecule has 4 atom stereocenters. The Morgan fingerprint density at radius 3 is 2.43 bits per heavy atom. The van der Waals surface area contributed by atoms with Crippen molar-refractivity contribution in [2.75, 3.05) is 13.1 Å². The summed E-state index contributed by atoms with van der Waals surface area (Å²) in [5.74, 6) is 1.24. The van der Waals surface area contributed by atoms with Gasteiger partial charge in [-0.2, -0.15) is 0 Å². The van der Waals surface area contributed by atoms with Crippen molar-refractivity contribution in [2.24, 2.45) is 22.2 Å². The van der Waals surface area contributed by atoms with Crippen molar-refractivity contribution in [1.82, 2.24) is 9.88 Å². The van der Waals surface area contributed by atoms with Crippen LogP contribution >= 0.6 is 0 Å². The maximum absolute atomic E-state index is 13.7. The first-order valence-corrected chi connectivity index (χ1v) is 11.2. The van der Waals surface area contributed by atoms with Crippen molar-refractivity contribution < 1.29 is 9.53 Å². The highest BCUT2D eigenvalue weighted by Gasteiger charge is 2.63. The Balaban J connectivity index is 1.21. The Hall–Kier alpha value is -1.42. The molecule has 2 unspecified atom stereocenters. The Morgan fingerprint density at radius 1 is 1.11 bits per heavy atom. The first-order chi connectivity index (χ1) is 13.4. The number of piperidine rings is 1. The number of carbonyl (C=O) groups is 1. The van der Waals surface area contributed by atoms with Gasteiger partial charge in [0.2, 0.25) is 5.91 Å². The predicted molar refractivity (Wildman–Crippen MR) is 108 cm³/mol. The molecule has 28 heavy (non-hydrogen) atoms. The zero-order valence-corrected chi connectivity index (χ0v) is 17.5. The van der Waals surface area contributed by atoms with Gasteiger partial charge in [-0.1, -0.05) is 19.9 Å². The number of pyridine rings is 1. The second-order valence-electron chi connectivity index (χ2n) is 11.0. The van der Waals surface area contributed by atoms with Crippen molar-refractivity contribution in [3.05, 3.63) is 30.1 Å². The minimum absolute atomic E-state index is 0.0649. The van der Waals surface area contributed by atoms with Crippen molar-refractivity contribution in [1.29, 1.82) is 0 Å². The number of aromatic nitrogens is 1. The van der Waals surface area contributed by atoms with E-state index in [1.807, 2.05) is 24.4 Å². The number of likely N-dealkylation sites (tertiary alicyclic amines) is 1. The summed E-state index contributed by atoms with van der Waals surface area (Å²) >= 11 is 0. The van der Waals surface area contributed by atoms with Gasteiger partial charge in [-0.25, -0.2) is 0 Å². The van der Waals surface area contributed by atoms with Crippen LogP contribution in [0, 0.1) is 22.2 Å². The van der Waals surface area contributed by atoms with Crippen LogP contribution in [0.1, 0.15) is 70.9 Å². The van der Waals surface area contributed by atoms with Crippen LogP contribution in [0.4, 0.5) is 0 Å². The third-order valence-corrected chi connectivity index (χ3v) is 8.00. The molecule has 1 aromatic rings. The number of carbonyl (C=O) groups excluding carboxylic acids is 1. The average Bonchev–Trinajstić information content (AvgIpc) is 2.64. The number of hydrogen-bond acceptors (Lipinski definition) is 3. The Bertz CT molecular complexity index is 722. The maximum Gasteiger partial charge on any atom is 0.228 e. The summed E-state index contributed by atoms with van der Waals surface area (Å²) in [7, 11) is 0. The first kappa shape index (κ1) is 18.6. The second-order valence-corrected chi connectivity index (χ2v) is 11.0. The lowest BCUT2D eigenvalue weighted by molar-refractivity contribution is -0.181. The van der Waals surface area contributed by atoms with E-state index in [4.69, 9.17) is 4.74 Å². The lowest BCUT2D eigenvalue weighted by Gasteiger charge is -2.65. The van der Waals surface area contributed by atoms with Gasteiger partial charge >= 0.3 is 0 Å². The number of amides is 1. The molecule has 152 valence electrons. The second kappa shape index (κ2) is 6.55. The molecule has 1 amide bonds.